The van der Waals surface area contributed by atoms with Gasteiger partial charge in [0, 0.05) is 36.7 Å². The summed E-state index contributed by atoms with van der Waals surface area (Å²) in [5.41, 5.74) is 9.13. The fraction of sp³-hybridized carbons (Fsp3) is 0.583. The molecule has 1 aromatic carbocycles. The molecule has 0 saturated carbocycles. The number of hydrogen-bond acceptors (Lipinski definition) is 6. The number of nitrogens with one attached hydrogen (secondary N) is 2. The Balaban J connectivity index is 1.42. The highest BCUT2D eigenvalue weighted by atomic mass is 16.5. The van der Waals surface area contributed by atoms with Crippen LogP contribution in [0.3, 0.4) is 0 Å². The van der Waals surface area contributed by atoms with E-state index in [0.717, 1.165) is 48.4 Å². The highest BCUT2D eigenvalue weighted by molar-refractivity contribution is 5.94. The Hall–Kier alpha value is -2.38. The minimum absolute atomic E-state index is 0.0216. The van der Waals surface area contributed by atoms with Crippen molar-refractivity contribution in [1.29, 1.82) is 0 Å². The third-order valence-corrected chi connectivity index (χ3v) is 6.82. The van der Waals surface area contributed by atoms with E-state index in [9.17, 15) is 4.79 Å². The molecule has 4 rings (SSSR count). The second-order valence-electron chi connectivity index (χ2n) is 9.14. The molecule has 0 aliphatic carbocycles. The van der Waals surface area contributed by atoms with Crippen molar-refractivity contribution >= 4 is 5.91 Å². The number of benzene rings is 1. The zero-order valence-corrected chi connectivity index (χ0v) is 19.0. The topological polar surface area (TPSA) is 79.6 Å². The van der Waals surface area contributed by atoms with Gasteiger partial charge in [-0.1, -0.05) is 23.4 Å². The minimum atomic E-state index is -0.0216. The first kappa shape index (κ1) is 21.8. The SMILES string of the molecule is Cc1ccccc1OCC1CCCN(C(=O)c2noc(C)c2CC2C(C)NNC2C)C1. The molecule has 3 heterocycles. The van der Waals surface area contributed by atoms with E-state index in [1.165, 1.54) is 0 Å². The summed E-state index contributed by atoms with van der Waals surface area (Å²) in [6.45, 7) is 10.3. The Morgan fingerprint density at radius 2 is 1.97 bits per heavy atom. The van der Waals surface area contributed by atoms with Crippen LogP contribution in [0.2, 0.25) is 0 Å². The second kappa shape index (κ2) is 9.40. The minimum Gasteiger partial charge on any atom is -0.493 e. The number of carbonyl (C=O) groups is 1. The van der Waals surface area contributed by atoms with Gasteiger partial charge in [0.15, 0.2) is 5.69 Å². The fourth-order valence-corrected chi connectivity index (χ4v) is 4.76. The number of aryl methyl sites for hydroxylation is 2. The van der Waals surface area contributed by atoms with Gasteiger partial charge in [0.1, 0.15) is 11.5 Å². The van der Waals surface area contributed by atoms with Gasteiger partial charge >= 0.3 is 0 Å². The van der Waals surface area contributed by atoms with Gasteiger partial charge in [0.25, 0.3) is 5.91 Å². The van der Waals surface area contributed by atoms with Gasteiger partial charge in [0.2, 0.25) is 0 Å². The molecule has 2 aliphatic rings. The molecule has 0 bridgehead atoms. The molecule has 2 aromatic rings. The molecular weight excluding hydrogens is 392 g/mol. The highest BCUT2D eigenvalue weighted by Crippen LogP contribution is 2.27. The molecule has 3 unspecified atom stereocenters. The molecule has 1 aromatic heterocycles. The van der Waals surface area contributed by atoms with Crippen LogP contribution in [0.15, 0.2) is 28.8 Å². The van der Waals surface area contributed by atoms with Crippen LogP contribution in [0.25, 0.3) is 0 Å². The van der Waals surface area contributed by atoms with Crippen LogP contribution in [0.5, 0.6) is 5.75 Å². The summed E-state index contributed by atoms with van der Waals surface area (Å²) in [4.78, 5) is 15.3. The van der Waals surface area contributed by atoms with E-state index < -0.39 is 0 Å². The molecule has 2 fully saturated rings. The average Bonchev–Trinajstić information content (AvgIpc) is 3.30. The average molecular weight is 427 g/mol. The first-order valence-electron chi connectivity index (χ1n) is 11.4. The van der Waals surface area contributed by atoms with Crippen LogP contribution in [0.4, 0.5) is 0 Å². The summed E-state index contributed by atoms with van der Waals surface area (Å²) >= 11 is 0. The molecular formula is C24H34N4O3. The Labute approximate surface area is 184 Å². The fourth-order valence-electron chi connectivity index (χ4n) is 4.76. The van der Waals surface area contributed by atoms with Crippen LogP contribution < -0.4 is 15.6 Å². The number of carbonyl (C=O) groups excluding carboxylic acids is 1. The number of nitrogens with zero attached hydrogens (tertiary/aromatic N) is 2. The van der Waals surface area contributed by atoms with Crippen LogP contribution >= 0.6 is 0 Å². The third-order valence-electron chi connectivity index (χ3n) is 6.82. The van der Waals surface area contributed by atoms with Crippen LogP contribution in [-0.4, -0.2) is 47.7 Å². The molecule has 7 nitrogen and oxygen atoms in total. The van der Waals surface area contributed by atoms with E-state index in [4.69, 9.17) is 9.26 Å². The Morgan fingerprint density at radius 1 is 1.23 bits per heavy atom. The molecule has 2 N–H and O–H groups in total. The van der Waals surface area contributed by atoms with Crippen LogP contribution in [-0.2, 0) is 6.42 Å². The maximum atomic E-state index is 13.4. The molecule has 7 heteroatoms. The van der Waals surface area contributed by atoms with E-state index in [1.54, 1.807) is 0 Å². The largest absolute Gasteiger partial charge is 0.493 e. The molecule has 1 amide bonds. The summed E-state index contributed by atoms with van der Waals surface area (Å²) in [7, 11) is 0. The lowest BCUT2D eigenvalue weighted by atomic mass is 9.88. The first-order chi connectivity index (χ1) is 14.9. The standard InChI is InChI=1S/C24H34N4O3/c1-15-8-5-6-10-22(15)30-14-19-9-7-11-28(13-19)24(29)23-21(18(4)31-27-23)12-20-16(2)25-26-17(20)3/h5-6,8,10,16-17,19-20,25-26H,7,9,11-14H2,1-4H3. The van der Waals surface area contributed by atoms with Crippen molar-refractivity contribution in [3.05, 3.63) is 46.8 Å². The predicted octanol–water partition coefficient (Wildman–Crippen LogP) is 3.27. The smallest absolute Gasteiger partial charge is 0.276 e. The maximum absolute atomic E-state index is 13.4. The summed E-state index contributed by atoms with van der Waals surface area (Å²) in [6, 6.07) is 8.71. The molecule has 2 aliphatic heterocycles. The molecule has 168 valence electrons. The second-order valence-corrected chi connectivity index (χ2v) is 9.14. The van der Waals surface area contributed by atoms with Gasteiger partial charge in [0.05, 0.1) is 6.61 Å². The van der Waals surface area contributed by atoms with E-state index in [1.807, 2.05) is 30.0 Å². The normalized spacial score (nSPS) is 26.3. The van der Waals surface area contributed by atoms with Crippen molar-refractivity contribution in [1.82, 2.24) is 20.9 Å². The van der Waals surface area contributed by atoms with E-state index in [-0.39, 0.29) is 5.91 Å². The quantitative estimate of drug-likeness (QED) is 0.738. The lowest BCUT2D eigenvalue weighted by Crippen LogP contribution is -2.42. The van der Waals surface area contributed by atoms with E-state index in [2.05, 4.69) is 42.8 Å². The number of para-hydroxylation sites is 1. The molecule has 2 saturated heterocycles. The monoisotopic (exact) mass is 426 g/mol. The van der Waals surface area contributed by atoms with Crippen molar-refractivity contribution in [2.24, 2.45) is 11.8 Å². The molecule has 0 radical (unpaired) electrons. The third kappa shape index (κ3) is 4.77. The van der Waals surface area contributed by atoms with Crippen molar-refractivity contribution in [3.63, 3.8) is 0 Å². The summed E-state index contributed by atoms with van der Waals surface area (Å²) < 4.78 is 11.5. The summed E-state index contributed by atoms with van der Waals surface area (Å²) in [6.07, 6.45) is 2.81. The van der Waals surface area contributed by atoms with Crippen LogP contribution in [0.1, 0.15) is 54.1 Å². The van der Waals surface area contributed by atoms with Gasteiger partial charge in [-0.3, -0.25) is 15.6 Å². The van der Waals surface area contributed by atoms with Crippen molar-refractivity contribution < 1.29 is 14.1 Å². The number of ether oxygens (including phenoxy) is 1. The zero-order chi connectivity index (χ0) is 22.0. The Bertz CT molecular complexity index is 902. The molecule has 3 atom stereocenters. The summed E-state index contributed by atoms with van der Waals surface area (Å²) in [5, 5.41) is 4.17. The van der Waals surface area contributed by atoms with Crippen molar-refractivity contribution in [2.45, 2.75) is 59.0 Å². The Kier molecular flexibility index (Phi) is 6.62. The number of amides is 1. The van der Waals surface area contributed by atoms with Gasteiger partial charge in [-0.25, -0.2) is 0 Å². The maximum Gasteiger partial charge on any atom is 0.276 e. The number of hydrazine groups is 1. The number of hydrogen-bond donors (Lipinski definition) is 2. The molecule has 31 heavy (non-hydrogen) atoms. The van der Waals surface area contributed by atoms with Gasteiger partial charge in [-0.15, -0.1) is 0 Å². The lowest BCUT2D eigenvalue weighted by molar-refractivity contribution is 0.0621. The van der Waals surface area contributed by atoms with Gasteiger partial charge < -0.3 is 14.2 Å². The lowest BCUT2D eigenvalue weighted by Gasteiger charge is -2.32. The number of piperidine rings is 1. The number of likely N-dealkylation sites (tertiary alicyclic amines) is 1. The Morgan fingerprint density at radius 3 is 2.71 bits per heavy atom. The van der Waals surface area contributed by atoms with E-state index >= 15 is 0 Å². The van der Waals surface area contributed by atoms with Crippen molar-refractivity contribution in [2.75, 3.05) is 19.7 Å². The molecule has 0 spiro atoms. The highest BCUT2D eigenvalue weighted by Gasteiger charge is 2.34. The predicted molar refractivity (Wildman–Crippen MR) is 119 cm³/mol. The number of rotatable bonds is 6. The first-order valence-corrected chi connectivity index (χ1v) is 11.4. The van der Waals surface area contributed by atoms with Gasteiger partial charge in [-0.2, -0.15) is 0 Å². The van der Waals surface area contributed by atoms with E-state index in [0.29, 0.717) is 42.8 Å². The van der Waals surface area contributed by atoms with Gasteiger partial charge in [-0.05, 0) is 64.5 Å². The number of aromatic nitrogens is 1. The zero-order valence-electron chi connectivity index (χ0n) is 19.0. The summed E-state index contributed by atoms with van der Waals surface area (Å²) in [5.74, 6) is 2.33. The van der Waals surface area contributed by atoms with Crippen molar-refractivity contribution in [3.8, 4) is 5.75 Å². The van der Waals surface area contributed by atoms with Crippen LogP contribution in [0, 0.1) is 25.7 Å².